The van der Waals surface area contributed by atoms with Gasteiger partial charge in [0, 0.05) is 123 Å². The lowest BCUT2D eigenvalue weighted by Gasteiger charge is -2.09. The van der Waals surface area contributed by atoms with E-state index in [0.717, 1.165) is 191 Å². The summed E-state index contributed by atoms with van der Waals surface area (Å²) < 4.78 is 134. The fourth-order valence-electron chi connectivity index (χ4n) is 16.0. The lowest BCUT2D eigenvalue weighted by molar-refractivity contribution is 0.415. The van der Waals surface area contributed by atoms with E-state index >= 15 is 0 Å². The molecule has 132 heavy (non-hydrogen) atoms. The Balaban J connectivity index is 0.000000118. The van der Waals surface area contributed by atoms with Crippen LogP contribution in [0.4, 0.5) is 26.3 Å². The molecule has 24 nitrogen and oxygen atoms in total. The van der Waals surface area contributed by atoms with Gasteiger partial charge in [0.1, 0.15) is 86.6 Å². The van der Waals surface area contributed by atoms with E-state index in [9.17, 15) is 26.3 Å². The van der Waals surface area contributed by atoms with Crippen molar-refractivity contribution in [3.8, 4) is 153 Å². The number of ether oxygens (including phenoxy) is 6. The molecule has 0 aliphatic rings. The van der Waals surface area contributed by atoms with E-state index in [2.05, 4.69) is 15.3 Å². The van der Waals surface area contributed by atoms with Gasteiger partial charge in [0.05, 0.1) is 72.6 Å². The summed E-state index contributed by atoms with van der Waals surface area (Å²) in [5.74, 6) is 1.87. The van der Waals surface area contributed by atoms with Gasteiger partial charge in [0.25, 0.3) is 0 Å². The highest BCUT2D eigenvalue weighted by atomic mass is 19.2. The van der Waals surface area contributed by atoms with Crippen molar-refractivity contribution >= 4 is 50.8 Å². The van der Waals surface area contributed by atoms with Gasteiger partial charge in [0.2, 0.25) is 0 Å². The Morgan fingerprint density at radius 2 is 0.356 bits per heavy atom. The van der Waals surface area contributed by atoms with Gasteiger partial charge in [-0.05, 0) is 182 Å². The van der Waals surface area contributed by atoms with Gasteiger partial charge in [-0.3, -0.25) is 0 Å². The minimum atomic E-state index is -0.799. The second kappa shape index (κ2) is 33.0. The summed E-state index contributed by atoms with van der Waals surface area (Å²) in [7, 11) is 4.97. The number of methoxy groups -OCH3 is 3. The van der Waals surface area contributed by atoms with Crippen molar-refractivity contribution in [2.24, 2.45) is 0 Å². The molecule has 30 heteroatoms. The Morgan fingerprint density at radius 1 is 0.174 bits per heavy atom. The molecular formula is C102H66F6N18O6. The number of hydrogen-bond acceptors (Lipinski definition) is 15. The zero-order chi connectivity index (χ0) is 89.4. The van der Waals surface area contributed by atoms with Crippen molar-refractivity contribution < 1.29 is 54.8 Å². The number of aromatic nitrogens is 18. The van der Waals surface area contributed by atoms with Crippen LogP contribution in [-0.4, -0.2) is 108 Å². The van der Waals surface area contributed by atoms with Crippen LogP contribution in [0.1, 0.15) is 0 Å². The number of para-hydroxylation sites is 6. The third kappa shape index (κ3) is 15.0. The number of benzene rings is 12. The number of rotatable bonds is 18. The zero-order valence-corrected chi connectivity index (χ0v) is 69.7. The average molecular weight is 1750 g/mol. The third-order valence-electron chi connectivity index (χ3n) is 22.2. The number of nitrogens with zero attached hydrogens (tertiary/aromatic N) is 18. The Hall–Kier alpha value is -18.1. The van der Waals surface area contributed by atoms with Crippen molar-refractivity contribution in [3.63, 3.8) is 0 Å². The molecule has 0 amide bonds. The maximum Gasteiger partial charge on any atom is 0.162 e. The van der Waals surface area contributed by atoms with Crippen LogP contribution in [0.3, 0.4) is 0 Å². The Kier molecular flexibility index (Phi) is 20.0. The summed E-state index contributed by atoms with van der Waals surface area (Å²) >= 11 is 0. The molecule has 12 heterocycles. The molecule has 12 aromatic heterocycles. The maximum atomic E-state index is 14.0. The van der Waals surface area contributed by atoms with Crippen LogP contribution in [-0.2, 0) is 0 Å². The fraction of sp³-hybridized carbons (Fsp3) is 0.0294. The predicted octanol–water partition coefficient (Wildman–Crippen LogP) is 23.1. The van der Waals surface area contributed by atoms with Crippen molar-refractivity contribution in [3.05, 3.63) is 381 Å². The monoisotopic (exact) mass is 1750 g/mol. The van der Waals surface area contributed by atoms with Crippen LogP contribution in [0.2, 0.25) is 0 Å². The predicted molar refractivity (Wildman–Crippen MR) is 486 cm³/mol. The minimum Gasteiger partial charge on any atom is -0.497 e. The second-order valence-electron chi connectivity index (χ2n) is 30.6. The number of halogens is 6. The normalized spacial score (nSPS) is 11.5. The highest BCUT2D eigenvalue weighted by molar-refractivity contribution is 5.82. The van der Waals surface area contributed by atoms with Crippen LogP contribution in [0.25, 0.3) is 152 Å². The molecule has 642 valence electrons. The van der Waals surface area contributed by atoms with Crippen molar-refractivity contribution in [2.75, 3.05) is 21.3 Å². The molecule has 0 aliphatic heterocycles. The molecule has 24 aromatic rings. The SMILES string of the molecule is COc1ccc(-c2cc3n(n2)c2cc(-c4ccc(OC)cc4)nn2c2cc(-c4ccc(OC)cc4)nn32)cc1.Fc1cc(F)cc(-c2cc3n(n2)c2cc(-c4cc(F)cc(F)c4)nn2c2cc(-c4cc(F)cc(F)c4)nn32)c1.c1ccc(Oc2ccccc2-c2cc3n(n2)c2cc(-c4ccccc4Oc4ccccc4)nn2c2cc(-c4ccccc4Oc4ccccc4)nn32)cc1. The Bertz CT molecular complexity index is 7410. The van der Waals surface area contributed by atoms with Crippen LogP contribution in [0.5, 0.6) is 51.7 Å². The molecular weight excluding hydrogens is 1690 g/mol. The van der Waals surface area contributed by atoms with Gasteiger partial charge >= 0.3 is 0 Å². The molecule has 0 saturated carbocycles. The first-order chi connectivity index (χ1) is 64.6. The molecule has 0 fully saturated rings. The van der Waals surface area contributed by atoms with Gasteiger partial charge in [-0.2, -0.15) is 86.5 Å². The van der Waals surface area contributed by atoms with Crippen LogP contribution >= 0.6 is 0 Å². The van der Waals surface area contributed by atoms with Crippen LogP contribution < -0.4 is 28.4 Å². The molecule has 24 rings (SSSR count). The highest BCUT2D eigenvalue weighted by Gasteiger charge is 2.27. The van der Waals surface area contributed by atoms with E-state index < -0.39 is 34.9 Å². The summed E-state index contributed by atoms with van der Waals surface area (Å²) in [6.07, 6.45) is 0. The lowest BCUT2D eigenvalue weighted by Crippen LogP contribution is -2.04. The number of fused-ring (bicyclic) bond motifs is 18. The summed E-state index contributed by atoms with van der Waals surface area (Å²) in [6, 6.07) is 102. The van der Waals surface area contributed by atoms with E-state index in [-0.39, 0.29) is 33.8 Å². The van der Waals surface area contributed by atoms with Gasteiger partial charge in [-0.15, -0.1) is 0 Å². The molecule has 0 saturated heterocycles. The Morgan fingerprint density at radius 3 is 0.568 bits per heavy atom. The van der Waals surface area contributed by atoms with E-state index in [1.807, 2.05) is 300 Å². The van der Waals surface area contributed by atoms with Gasteiger partial charge in [-0.1, -0.05) is 91.0 Å². The first-order valence-corrected chi connectivity index (χ1v) is 41.4. The quantitative estimate of drug-likeness (QED) is 0.0731. The van der Waals surface area contributed by atoms with Gasteiger partial charge < -0.3 is 28.4 Å². The molecule has 0 aliphatic carbocycles. The first-order valence-electron chi connectivity index (χ1n) is 41.4. The highest BCUT2D eigenvalue weighted by Crippen LogP contribution is 2.41. The summed E-state index contributed by atoms with van der Waals surface area (Å²) in [4.78, 5) is 0. The molecule has 12 aromatic carbocycles. The molecule has 0 radical (unpaired) electrons. The molecule has 0 unspecified atom stereocenters. The van der Waals surface area contributed by atoms with E-state index in [1.165, 1.54) is 31.7 Å². The number of hydrogen-bond donors (Lipinski definition) is 0. The molecule has 0 N–H and O–H groups in total. The second-order valence-corrected chi connectivity index (χ2v) is 30.6. The smallest absolute Gasteiger partial charge is 0.162 e. The van der Waals surface area contributed by atoms with Crippen LogP contribution in [0, 0.1) is 34.9 Å². The van der Waals surface area contributed by atoms with E-state index in [0.29, 0.717) is 34.2 Å². The van der Waals surface area contributed by atoms with Crippen molar-refractivity contribution in [1.82, 2.24) is 86.5 Å². The van der Waals surface area contributed by atoms with E-state index in [4.69, 9.17) is 59.0 Å². The average Bonchev–Trinajstić information content (AvgIpc) is 1.56. The Labute approximate surface area is 743 Å². The van der Waals surface area contributed by atoms with Crippen LogP contribution in [0.15, 0.2) is 346 Å². The summed E-state index contributed by atoms with van der Waals surface area (Å²) in [6.45, 7) is 0. The van der Waals surface area contributed by atoms with Crippen molar-refractivity contribution in [2.45, 2.75) is 0 Å². The third-order valence-corrected chi connectivity index (χ3v) is 22.2. The lowest BCUT2D eigenvalue weighted by atomic mass is 10.1. The standard InChI is InChI=1S/C45H30N6O3.C30H24N6O3.C27H12F6N6/c1-4-16-31(17-5-1)52-40-25-13-10-22-34(40)37-28-43-49(46-37)44-29-38(35-23-11-14-26-41(35)53-32-18-6-2-7-19-32)48-51(44)45-30-39(47-50(43)45)36-24-12-15-27-42(36)54-33-20-8-3-9-21-33;1-37-22-10-4-19(5-11-22)25-16-28-34(31-25)29-17-26(20-6-12-23(38-2)13-7-20)33-36(29)30-18-27(32-35(28)30)21-8-14-24(39-3)15-9-21;28-16-1-13(2-17(29)7-16)22-10-25-37(34-22)26-11-23(14-3-18(30)8-19(31)4-14)36-39(26)27-12-24(35-38(25)27)15-5-20(32)9-21(33)6-15/h1-30H;4-18H,1-3H3;1-12H. The minimum absolute atomic E-state index is 0.147. The summed E-state index contributed by atoms with van der Waals surface area (Å²) in [5.41, 5.74) is 16.7. The summed E-state index contributed by atoms with van der Waals surface area (Å²) in [5, 5.41) is 43.9. The topological polar surface area (TPSA) is 211 Å². The van der Waals surface area contributed by atoms with Crippen molar-refractivity contribution in [1.29, 1.82) is 0 Å². The molecule has 0 atom stereocenters. The van der Waals surface area contributed by atoms with Gasteiger partial charge in [0.15, 0.2) is 50.8 Å². The largest absolute Gasteiger partial charge is 0.497 e. The fourth-order valence-corrected chi connectivity index (χ4v) is 16.0. The van der Waals surface area contributed by atoms with Gasteiger partial charge in [-0.25, -0.2) is 26.3 Å². The maximum absolute atomic E-state index is 14.0. The zero-order valence-electron chi connectivity index (χ0n) is 69.7. The first kappa shape index (κ1) is 79.8. The molecule has 0 bridgehead atoms. The molecule has 0 spiro atoms. The van der Waals surface area contributed by atoms with E-state index in [1.54, 1.807) is 21.3 Å².